The Bertz CT molecular complexity index is 360. The van der Waals surface area contributed by atoms with E-state index in [1.807, 2.05) is 20.8 Å². The van der Waals surface area contributed by atoms with Crippen molar-refractivity contribution in [2.75, 3.05) is 0 Å². The van der Waals surface area contributed by atoms with E-state index in [0.29, 0.717) is 6.42 Å². The van der Waals surface area contributed by atoms with Gasteiger partial charge in [-0.3, -0.25) is 4.79 Å². The summed E-state index contributed by atoms with van der Waals surface area (Å²) in [5.74, 6) is -0.996. The zero-order chi connectivity index (χ0) is 12.3. The minimum atomic E-state index is -0.777. The molecule has 0 aromatic heterocycles. The van der Waals surface area contributed by atoms with Crippen LogP contribution in [0, 0.1) is 11.3 Å². The molecule has 0 heterocycles. The standard InChI is InChI=1S/C13H18O3/c1-13(2,3)11(12(15)16)8-9-4-6-10(14)7-5-9/h4-7,11,14H,8H2,1-3H3,(H,15,16)/t11-/m0/s1. The predicted octanol–water partition coefficient (Wildman–Crippen LogP) is 2.68. The molecule has 1 rings (SSSR count). The molecular formula is C13H18O3. The lowest BCUT2D eigenvalue weighted by atomic mass is 9.77. The highest BCUT2D eigenvalue weighted by atomic mass is 16.4. The second-order valence-corrected chi connectivity index (χ2v) is 5.13. The Hall–Kier alpha value is -1.51. The van der Waals surface area contributed by atoms with E-state index in [0.717, 1.165) is 5.56 Å². The molecule has 0 spiro atoms. The van der Waals surface area contributed by atoms with E-state index in [-0.39, 0.29) is 11.2 Å². The van der Waals surface area contributed by atoms with Gasteiger partial charge in [-0.2, -0.15) is 0 Å². The maximum atomic E-state index is 11.2. The average molecular weight is 222 g/mol. The van der Waals surface area contributed by atoms with Crippen molar-refractivity contribution in [3.8, 4) is 5.75 Å². The molecule has 0 bridgehead atoms. The quantitative estimate of drug-likeness (QED) is 0.826. The Balaban J connectivity index is 2.84. The molecule has 0 unspecified atom stereocenters. The summed E-state index contributed by atoms with van der Waals surface area (Å²) in [4.78, 5) is 11.2. The van der Waals surface area contributed by atoms with E-state index >= 15 is 0 Å². The van der Waals surface area contributed by atoms with Crippen LogP contribution in [0.15, 0.2) is 24.3 Å². The van der Waals surface area contributed by atoms with Gasteiger partial charge in [0.1, 0.15) is 5.75 Å². The van der Waals surface area contributed by atoms with Crippen LogP contribution in [-0.2, 0) is 11.2 Å². The van der Waals surface area contributed by atoms with Crippen LogP contribution in [0.5, 0.6) is 5.75 Å². The SMILES string of the molecule is CC(C)(C)[C@@H](Cc1ccc(O)cc1)C(=O)O. The molecule has 0 aliphatic carbocycles. The van der Waals surface area contributed by atoms with Gasteiger partial charge in [0, 0.05) is 0 Å². The molecule has 1 aromatic rings. The van der Waals surface area contributed by atoms with Gasteiger partial charge in [0.2, 0.25) is 0 Å². The van der Waals surface area contributed by atoms with Crippen molar-refractivity contribution in [2.24, 2.45) is 11.3 Å². The highest BCUT2D eigenvalue weighted by Gasteiger charge is 2.30. The largest absolute Gasteiger partial charge is 0.508 e. The number of carboxylic acids is 1. The summed E-state index contributed by atoms with van der Waals surface area (Å²) >= 11 is 0. The van der Waals surface area contributed by atoms with Gasteiger partial charge in [-0.15, -0.1) is 0 Å². The Kier molecular flexibility index (Phi) is 3.58. The lowest BCUT2D eigenvalue weighted by Gasteiger charge is -2.27. The monoisotopic (exact) mass is 222 g/mol. The molecule has 3 heteroatoms. The third-order valence-electron chi connectivity index (χ3n) is 2.72. The summed E-state index contributed by atoms with van der Waals surface area (Å²) in [6, 6.07) is 6.68. The lowest BCUT2D eigenvalue weighted by molar-refractivity contribution is -0.145. The number of phenols is 1. The van der Waals surface area contributed by atoms with Gasteiger partial charge in [-0.05, 0) is 29.5 Å². The number of phenolic OH excluding ortho intramolecular Hbond substituents is 1. The van der Waals surface area contributed by atoms with E-state index in [9.17, 15) is 9.90 Å². The van der Waals surface area contributed by atoms with Gasteiger partial charge in [0.05, 0.1) is 5.92 Å². The zero-order valence-corrected chi connectivity index (χ0v) is 9.90. The minimum absolute atomic E-state index is 0.200. The smallest absolute Gasteiger partial charge is 0.307 e. The van der Waals surface area contributed by atoms with Crippen LogP contribution in [0.4, 0.5) is 0 Å². The number of benzene rings is 1. The molecule has 16 heavy (non-hydrogen) atoms. The zero-order valence-electron chi connectivity index (χ0n) is 9.90. The molecule has 88 valence electrons. The van der Waals surface area contributed by atoms with Crippen molar-refractivity contribution >= 4 is 5.97 Å². The average Bonchev–Trinajstić information content (AvgIpc) is 2.14. The van der Waals surface area contributed by atoms with Gasteiger partial charge < -0.3 is 10.2 Å². The van der Waals surface area contributed by atoms with Crippen LogP contribution >= 0.6 is 0 Å². The Morgan fingerprint density at radius 1 is 1.25 bits per heavy atom. The van der Waals surface area contributed by atoms with Crippen LogP contribution in [0.2, 0.25) is 0 Å². The molecule has 2 N–H and O–H groups in total. The van der Waals surface area contributed by atoms with Crippen molar-refractivity contribution < 1.29 is 15.0 Å². The maximum absolute atomic E-state index is 11.2. The van der Waals surface area contributed by atoms with Gasteiger partial charge >= 0.3 is 5.97 Å². The fourth-order valence-electron chi connectivity index (χ4n) is 1.63. The third kappa shape index (κ3) is 3.26. The summed E-state index contributed by atoms with van der Waals surface area (Å²) in [5, 5.41) is 18.3. The Morgan fingerprint density at radius 3 is 2.12 bits per heavy atom. The number of rotatable bonds is 3. The summed E-state index contributed by atoms with van der Waals surface area (Å²) in [6.07, 6.45) is 0.485. The van der Waals surface area contributed by atoms with Crippen molar-refractivity contribution in [2.45, 2.75) is 27.2 Å². The highest BCUT2D eigenvalue weighted by Crippen LogP contribution is 2.29. The van der Waals surface area contributed by atoms with Crippen LogP contribution in [-0.4, -0.2) is 16.2 Å². The first-order valence-electron chi connectivity index (χ1n) is 5.31. The highest BCUT2D eigenvalue weighted by molar-refractivity contribution is 5.71. The number of carboxylic acid groups (broad SMARTS) is 1. The minimum Gasteiger partial charge on any atom is -0.508 e. The van der Waals surface area contributed by atoms with Crippen molar-refractivity contribution in [3.63, 3.8) is 0 Å². The van der Waals surface area contributed by atoms with E-state index in [2.05, 4.69) is 0 Å². The maximum Gasteiger partial charge on any atom is 0.307 e. The van der Waals surface area contributed by atoms with E-state index in [1.54, 1.807) is 24.3 Å². The number of hydrogen-bond donors (Lipinski definition) is 2. The first-order chi connectivity index (χ1) is 7.30. The second kappa shape index (κ2) is 4.56. The van der Waals surface area contributed by atoms with Crippen LogP contribution in [0.3, 0.4) is 0 Å². The number of aromatic hydroxyl groups is 1. The van der Waals surface area contributed by atoms with Crippen LogP contribution in [0.25, 0.3) is 0 Å². The summed E-state index contributed by atoms with van der Waals surface area (Å²) in [5.41, 5.74) is 0.657. The predicted molar refractivity (Wildman–Crippen MR) is 62.4 cm³/mol. The fourth-order valence-corrected chi connectivity index (χ4v) is 1.63. The van der Waals surface area contributed by atoms with Crippen LogP contribution in [0.1, 0.15) is 26.3 Å². The first-order valence-corrected chi connectivity index (χ1v) is 5.31. The summed E-state index contributed by atoms with van der Waals surface area (Å²) < 4.78 is 0. The molecule has 0 saturated carbocycles. The Morgan fingerprint density at radius 2 is 1.75 bits per heavy atom. The molecule has 0 aliphatic heterocycles. The second-order valence-electron chi connectivity index (χ2n) is 5.13. The first kappa shape index (κ1) is 12.6. The van der Waals surface area contributed by atoms with E-state index < -0.39 is 11.9 Å². The topological polar surface area (TPSA) is 57.5 Å². The van der Waals surface area contributed by atoms with E-state index in [1.165, 1.54) is 0 Å². The number of aliphatic carboxylic acids is 1. The molecule has 0 radical (unpaired) electrons. The normalized spacial score (nSPS) is 13.4. The van der Waals surface area contributed by atoms with Crippen LogP contribution < -0.4 is 0 Å². The Labute approximate surface area is 95.7 Å². The molecule has 3 nitrogen and oxygen atoms in total. The van der Waals surface area contributed by atoms with E-state index in [4.69, 9.17) is 5.11 Å². The molecule has 0 saturated heterocycles. The molecule has 1 atom stereocenters. The van der Waals surface area contributed by atoms with Crippen molar-refractivity contribution in [3.05, 3.63) is 29.8 Å². The molecule has 0 fully saturated rings. The van der Waals surface area contributed by atoms with Gasteiger partial charge in [0.15, 0.2) is 0 Å². The van der Waals surface area contributed by atoms with Crippen molar-refractivity contribution in [1.29, 1.82) is 0 Å². The molecule has 0 aliphatic rings. The third-order valence-corrected chi connectivity index (χ3v) is 2.72. The summed E-state index contributed by atoms with van der Waals surface area (Å²) in [6.45, 7) is 5.77. The molecular weight excluding hydrogens is 204 g/mol. The molecule has 1 aromatic carbocycles. The van der Waals surface area contributed by atoms with Gasteiger partial charge in [0.25, 0.3) is 0 Å². The van der Waals surface area contributed by atoms with Crippen molar-refractivity contribution in [1.82, 2.24) is 0 Å². The number of hydrogen-bond acceptors (Lipinski definition) is 2. The van der Waals surface area contributed by atoms with Gasteiger partial charge in [-0.1, -0.05) is 32.9 Å². The number of carbonyl (C=O) groups is 1. The lowest BCUT2D eigenvalue weighted by Crippen LogP contribution is -2.30. The summed E-state index contributed by atoms with van der Waals surface area (Å²) in [7, 11) is 0. The fraction of sp³-hybridized carbons (Fsp3) is 0.462. The van der Waals surface area contributed by atoms with Gasteiger partial charge in [-0.25, -0.2) is 0 Å². The molecule has 0 amide bonds.